The molecular weight excluding hydrogens is 274 g/mol. The lowest BCUT2D eigenvalue weighted by Crippen LogP contribution is -1.98. The number of nitrogens with zero attached hydrogens (tertiary/aromatic N) is 2. The van der Waals surface area contributed by atoms with Crippen molar-refractivity contribution in [3.05, 3.63) is 44.6 Å². The highest BCUT2D eigenvalue weighted by atomic mass is 35.5. The van der Waals surface area contributed by atoms with Crippen molar-refractivity contribution in [2.24, 2.45) is 0 Å². The van der Waals surface area contributed by atoms with Crippen LogP contribution in [0.4, 0.5) is 0 Å². The van der Waals surface area contributed by atoms with Crippen LogP contribution in [0.5, 0.6) is 0 Å². The maximum Gasteiger partial charge on any atom is 0.178 e. The van der Waals surface area contributed by atoms with Crippen LogP contribution in [0.3, 0.4) is 0 Å². The zero-order valence-electron chi connectivity index (χ0n) is 8.68. The molecule has 0 amide bonds. The van der Waals surface area contributed by atoms with Crippen LogP contribution >= 0.6 is 35.2 Å². The maximum absolute atomic E-state index is 6.17. The van der Waals surface area contributed by atoms with Gasteiger partial charge in [-0.2, -0.15) is 0 Å². The second-order valence-electron chi connectivity index (χ2n) is 3.61. The van der Waals surface area contributed by atoms with Crippen LogP contribution in [0, 0.1) is 4.77 Å². The minimum Gasteiger partial charge on any atom is -0.329 e. The molecule has 0 bridgehead atoms. The Hall–Kier alpha value is -1.17. The number of aromatic amines is 1. The Balaban J connectivity index is 2.21. The van der Waals surface area contributed by atoms with Crippen LogP contribution in [-0.4, -0.2) is 14.5 Å². The predicted octanol–water partition coefficient (Wildman–Crippen LogP) is 3.86. The van der Waals surface area contributed by atoms with Crippen molar-refractivity contribution in [2.75, 3.05) is 0 Å². The molecule has 0 saturated carbocycles. The molecule has 0 spiro atoms. The van der Waals surface area contributed by atoms with E-state index in [1.54, 1.807) is 23.7 Å². The second-order valence-corrected chi connectivity index (χ2v) is 5.44. The minimum atomic E-state index is 0.617. The Morgan fingerprint density at radius 3 is 3.12 bits per heavy atom. The Bertz CT molecular complexity index is 712. The highest BCUT2D eigenvalue weighted by molar-refractivity contribution is 7.71. The highest BCUT2D eigenvalue weighted by Gasteiger charge is 2.09. The molecule has 0 atom stereocenters. The van der Waals surface area contributed by atoms with Crippen molar-refractivity contribution in [3.63, 3.8) is 0 Å². The van der Waals surface area contributed by atoms with E-state index in [4.69, 9.17) is 23.8 Å². The van der Waals surface area contributed by atoms with Gasteiger partial charge in [-0.05, 0) is 23.7 Å². The molecule has 0 unspecified atom stereocenters. The van der Waals surface area contributed by atoms with E-state index in [2.05, 4.69) is 21.4 Å². The van der Waals surface area contributed by atoms with Gasteiger partial charge in [-0.1, -0.05) is 17.7 Å². The van der Waals surface area contributed by atoms with Gasteiger partial charge >= 0.3 is 0 Å². The number of rotatable bonds is 2. The summed E-state index contributed by atoms with van der Waals surface area (Å²) in [6, 6.07) is 4.11. The van der Waals surface area contributed by atoms with Crippen molar-refractivity contribution >= 4 is 46.2 Å². The number of pyridine rings is 1. The molecule has 0 aliphatic heterocycles. The number of aromatic nitrogens is 3. The van der Waals surface area contributed by atoms with Crippen LogP contribution in [0.2, 0.25) is 5.02 Å². The number of hydrogen-bond donors (Lipinski definition) is 1. The molecule has 3 aromatic rings. The fourth-order valence-electron chi connectivity index (χ4n) is 1.79. The molecular formula is C11H8ClN3S2. The van der Waals surface area contributed by atoms with Crippen molar-refractivity contribution < 1.29 is 0 Å². The summed E-state index contributed by atoms with van der Waals surface area (Å²) < 4.78 is 2.67. The molecule has 3 rings (SSSR count). The van der Waals surface area contributed by atoms with E-state index in [1.807, 2.05) is 10.6 Å². The molecule has 17 heavy (non-hydrogen) atoms. The summed E-state index contributed by atoms with van der Waals surface area (Å²) in [5.74, 6) is 0. The normalized spacial score (nSPS) is 11.1. The van der Waals surface area contributed by atoms with Gasteiger partial charge in [-0.3, -0.25) is 4.98 Å². The molecule has 0 saturated heterocycles. The van der Waals surface area contributed by atoms with Crippen LogP contribution in [0.1, 0.15) is 4.88 Å². The first-order valence-electron chi connectivity index (χ1n) is 5.00. The van der Waals surface area contributed by atoms with Gasteiger partial charge in [0.25, 0.3) is 0 Å². The lowest BCUT2D eigenvalue weighted by atomic mass is 10.4. The van der Waals surface area contributed by atoms with Crippen LogP contribution < -0.4 is 0 Å². The summed E-state index contributed by atoms with van der Waals surface area (Å²) in [4.78, 5) is 8.40. The first-order valence-corrected chi connectivity index (χ1v) is 6.66. The Labute approximate surface area is 112 Å². The number of imidazole rings is 1. The Kier molecular flexibility index (Phi) is 2.74. The topological polar surface area (TPSA) is 33.6 Å². The van der Waals surface area contributed by atoms with E-state index in [-0.39, 0.29) is 0 Å². The van der Waals surface area contributed by atoms with Crippen LogP contribution in [0.15, 0.2) is 29.9 Å². The van der Waals surface area contributed by atoms with Crippen LogP contribution in [-0.2, 0) is 6.54 Å². The zero-order valence-corrected chi connectivity index (χ0v) is 11.1. The first kappa shape index (κ1) is 11.0. The van der Waals surface area contributed by atoms with Gasteiger partial charge in [0.2, 0.25) is 0 Å². The van der Waals surface area contributed by atoms with Gasteiger partial charge in [0.05, 0.1) is 28.8 Å². The number of halogens is 1. The molecule has 3 heterocycles. The fraction of sp³-hybridized carbons (Fsp3) is 0.0909. The average molecular weight is 282 g/mol. The van der Waals surface area contributed by atoms with E-state index in [9.17, 15) is 0 Å². The van der Waals surface area contributed by atoms with Crippen molar-refractivity contribution in [3.8, 4) is 0 Å². The first-order chi connectivity index (χ1) is 8.25. The Morgan fingerprint density at radius 1 is 1.47 bits per heavy atom. The minimum absolute atomic E-state index is 0.617. The molecule has 0 aliphatic rings. The molecule has 3 aromatic heterocycles. The Morgan fingerprint density at radius 2 is 2.35 bits per heavy atom. The summed E-state index contributed by atoms with van der Waals surface area (Å²) in [5.41, 5.74) is 1.79. The largest absolute Gasteiger partial charge is 0.329 e. The van der Waals surface area contributed by atoms with Gasteiger partial charge < -0.3 is 9.55 Å². The van der Waals surface area contributed by atoms with Gasteiger partial charge in [-0.15, -0.1) is 11.3 Å². The summed E-state index contributed by atoms with van der Waals surface area (Å²) in [5, 5.41) is 2.67. The third-order valence-corrected chi connectivity index (χ3v) is 3.98. The van der Waals surface area contributed by atoms with Gasteiger partial charge in [0.1, 0.15) is 0 Å². The standard InChI is InChI=1S/C11H8ClN3S2/c12-8-4-13-5-9-10(8)15(11(16)14-9)6-7-2-1-3-17-7/h1-5H,6H2,(H,14,16). The van der Waals surface area contributed by atoms with Crippen molar-refractivity contribution in [1.29, 1.82) is 0 Å². The van der Waals surface area contributed by atoms with Gasteiger partial charge in [0.15, 0.2) is 4.77 Å². The number of hydrogen-bond acceptors (Lipinski definition) is 3. The third-order valence-electron chi connectivity index (χ3n) is 2.52. The van der Waals surface area contributed by atoms with E-state index >= 15 is 0 Å². The van der Waals surface area contributed by atoms with E-state index in [1.165, 1.54) is 4.88 Å². The van der Waals surface area contributed by atoms with E-state index in [0.717, 1.165) is 17.6 Å². The van der Waals surface area contributed by atoms with Gasteiger partial charge in [-0.25, -0.2) is 0 Å². The second kappa shape index (κ2) is 4.25. The lowest BCUT2D eigenvalue weighted by molar-refractivity contribution is 0.823. The van der Waals surface area contributed by atoms with Gasteiger partial charge in [0, 0.05) is 11.1 Å². The van der Waals surface area contributed by atoms with Crippen LogP contribution in [0.25, 0.3) is 11.0 Å². The summed E-state index contributed by atoms with van der Waals surface area (Å²) in [6.45, 7) is 0.736. The number of thiophene rings is 1. The van der Waals surface area contributed by atoms with E-state index < -0.39 is 0 Å². The van der Waals surface area contributed by atoms with Crippen molar-refractivity contribution in [1.82, 2.24) is 14.5 Å². The molecule has 6 heteroatoms. The summed E-state index contributed by atoms with van der Waals surface area (Å²) in [6.07, 6.45) is 3.37. The number of fused-ring (bicyclic) bond motifs is 1. The average Bonchev–Trinajstić information content (AvgIpc) is 2.89. The predicted molar refractivity (Wildman–Crippen MR) is 73.3 cm³/mol. The maximum atomic E-state index is 6.17. The fourth-order valence-corrected chi connectivity index (χ4v) is 3.01. The summed E-state index contributed by atoms with van der Waals surface area (Å²) >= 11 is 13.2. The molecule has 86 valence electrons. The monoisotopic (exact) mass is 281 g/mol. The SMILES string of the molecule is S=c1[nH]c2cncc(Cl)c2n1Cc1cccs1. The number of H-pyrrole nitrogens is 1. The molecule has 0 aliphatic carbocycles. The number of nitrogens with one attached hydrogen (secondary N) is 1. The summed E-state index contributed by atoms with van der Waals surface area (Å²) in [7, 11) is 0. The zero-order chi connectivity index (χ0) is 11.8. The molecule has 0 radical (unpaired) electrons. The molecule has 1 N–H and O–H groups in total. The van der Waals surface area contributed by atoms with E-state index in [0.29, 0.717) is 9.79 Å². The molecule has 3 nitrogen and oxygen atoms in total. The highest BCUT2D eigenvalue weighted by Crippen LogP contribution is 2.23. The smallest absolute Gasteiger partial charge is 0.178 e. The van der Waals surface area contributed by atoms with Crippen molar-refractivity contribution in [2.45, 2.75) is 6.54 Å². The third kappa shape index (κ3) is 1.90. The molecule has 0 fully saturated rings. The molecule has 0 aromatic carbocycles. The quantitative estimate of drug-likeness (QED) is 0.724. The lowest BCUT2D eigenvalue weighted by Gasteiger charge is -2.03.